The summed E-state index contributed by atoms with van der Waals surface area (Å²) in [4.78, 5) is 35.1. The third-order valence-electron chi connectivity index (χ3n) is 6.44. The van der Waals surface area contributed by atoms with Crippen molar-refractivity contribution < 1.29 is 37.4 Å². The van der Waals surface area contributed by atoms with Gasteiger partial charge in [-0.25, -0.2) is 0 Å². The van der Waals surface area contributed by atoms with Gasteiger partial charge in [0.05, 0.1) is 16.9 Å². The molecule has 1 saturated carbocycles. The molecule has 206 valence electrons. The van der Waals surface area contributed by atoms with E-state index in [0.717, 1.165) is 0 Å². The summed E-state index contributed by atoms with van der Waals surface area (Å²) < 4.78 is 46.6. The second-order valence-corrected chi connectivity index (χ2v) is 10.2. The fourth-order valence-electron chi connectivity index (χ4n) is 4.39. The van der Waals surface area contributed by atoms with Gasteiger partial charge < -0.3 is 20.5 Å². The molecule has 4 rings (SSSR count). The zero-order valence-corrected chi connectivity index (χ0v) is 21.6. The smallest absolute Gasteiger partial charge is 0.426 e. The summed E-state index contributed by atoms with van der Waals surface area (Å²) in [5.74, 6) is -1.54. The monoisotopic (exact) mass is 560 g/mol. The number of carboxylic acids is 1. The molecule has 1 heterocycles. The van der Waals surface area contributed by atoms with Crippen LogP contribution in [0.3, 0.4) is 0 Å². The Balaban J connectivity index is 1.25. The number of aliphatic carboxylic acids is 1. The molecule has 1 aliphatic carbocycles. The highest BCUT2D eigenvalue weighted by atomic mass is 32.1. The zero-order chi connectivity index (χ0) is 28.0. The molecule has 39 heavy (non-hydrogen) atoms. The summed E-state index contributed by atoms with van der Waals surface area (Å²) >= 11 is 0.383. The number of halogens is 3. The number of amides is 2. The summed E-state index contributed by atoms with van der Waals surface area (Å²) in [5, 5.41) is 14.3. The first kappa shape index (κ1) is 28.2. The van der Waals surface area contributed by atoms with Gasteiger partial charge in [-0.3, -0.25) is 14.4 Å². The van der Waals surface area contributed by atoms with Crippen molar-refractivity contribution >= 4 is 29.1 Å². The van der Waals surface area contributed by atoms with Crippen molar-refractivity contribution in [1.82, 2.24) is 10.6 Å². The molecular weight excluding hydrogens is 533 g/mol. The van der Waals surface area contributed by atoms with Gasteiger partial charge in [-0.1, -0.05) is 30.3 Å². The molecular formula is C28H27F3N2O5S. The van der Waals surface area contributed by atoms with E-state index >= 15 is 0 Å². The third kappa shape index (κ3) is 7.38. The van der Waals surface area contributed by atoms with Crippen molar-refractivity contribution in [3.05, 3.63) is 76.0 Å². The average molecular weight is 561 g/mol. The molecule has 1 aliphatic rings. The quantitative estimate of drug-likeness (QED) is 0.295. The Hall–Kier alpha value is -3.86. The van der Waals surface area contributed by atoms with Gasteiger partial charge in [-0.15, -0.1) is 11.3 Å². The fourth-order valence-corrected chi connectivity index (χ4v) is 5.36. The van der Waals surface area contributed by atoms with Crippen LogP contribution in [0.4, 0.5) is 13.2 Å². The number of benzene rings is 2. The Bertz CT molecular complexity index is 1300. The predicted molar refractivity (Wildman–Crippen MR) is 140 cm³/mol. The highest BCUT2D eigenvalue weighted by Gasteiger charge is 2.37. The molecule has 11 heteroatoms. The van der Waals surface area contributed by atoms with Gasteiger partial charge in [-0.05, 0) is 61.6 Å². The second kappa shape index (κ2) is 12.3. The summed E-state index contributed by atoms with van der Waals surface area (Å²) in [5.41, 5.74) is 0.699. The Morgan fingerprint density at radius 1 is 0.897 bits per heavy atom. The molecule has 0 aliphatic heterocycles. The number of hydrogen-bond acceptors (Lipinski definition) is 5. The molecule has 0 radical (unpaired) electrons. The standard InChI is InChI=1S/C28H27F3N2O5S/c29-28(30,31)24-22(17-4-2-1-3-5-17)16-23(39-24)26(35)33-15-14-32-25(34)18-6-10-20(11-7-18)38-21-12-8-19(9-13-21)27(36)37/h1-7,10-11,16,19,21H,8-9,12-15H2,(H,32,34)(H,33,35)(H,36,37)/t19-,21+. The molecule has 0 bridgehead atoms. The summed E-state index contributed by atoms with van der Waals surface area (Å²) in [6.07, 6.45) is -2.21. The summed E-state index contributed by atoms with van der Waals surface area (Å²) in [7, 11) is 0. The first-order valence-corrected chi connectivity index (χ1v) is 13.3. The number of ether oxygens (including phenoxy) is 1. The van der Waals surface area contributed by atoms with Gasteiger partial charge >= 0.3 is 12.1 Å². The third-order valence-corrected chi connectivity index (χ3v) is 7.62. The largest absolute Gasteiger partial charge is 0.490 e. The maximum Gasteiger partial charge on any atom is 0.426 e. The number of hydrogen-bond donors (Lipinski definition) is 3. The van der Waals surface area contributed by atoms with Crippen LogP contribution in [0.1, 0.15) is 50.6 Å². The van der Waals surface area contributed by atoms with Crippen LogP contribution < -0.4 is 15.4 Å². The second-order valence-electron chi connectivity index (χ2n) is 9.18. The predicted octanol–water partition coefficient (Wildman–Crippen LogP) is 5.62. The highest BCUT2D eigenvalue weighted by molar-refractivity contribution is 7.14. The molecule has 0 atom stereocenters. The van der Waals surface area contributed by atoms with Crippen LogP contribution in [0.25, 0.3) is 11.1 Å². The van der Waals surface area contributed by atoms with Crippen LogP contribution >= 0.6 is 11.3 Å². The molecule has 2 aromatic carbocycles. The molecule has 0 saturated heterocycles. The highest BCUT2D eigenvalue weighted by Crippen LogP contribution is 2.42. The van der Waals surface area contributed by atoms with Gasteiger partial charge in [0.2, 0.25) is 0 Å². The molecule has 0 unspecified atom stereocenters. The van der Waals surface area contributed by atoms with Crippen LogP contribution in [-0.4, -0.2) is 42.1 Å². The topological polar surface area (TPSA) is 105 Å². The van der Waals surface area contributed by atoms with Crippen LogP contribution in [0.5, 0.6) is 5.75 Å². The van der Waals surface area contributed by atoms with Gasteiger partial charge in [0.25, 0.3) is 11.8 Å². The zero-order valence-electron chi connectivity index (χ0n) is 20.8. The van der Waals surface area contributed by atoms with E-state index in [2.05, 4.69) is 10.6 Å². The normalized spacial score (nSPS) is 17.3. The lowest BCUT2D eigenvalue weighted by Gasteiger charge is -2.26. The van der Waals surface area contributed by atoms with E-state index in [1.165, 1.54) is 6.07 Å². The van der Waals surface area contributed by atoms with Crippen LogP contribution in [0.2, 0.25) is 0 Å². The number of carbonyl (C=O) groups excluding carboxylic acids is 2. The van der Waals surface area contributed by atoms with E-state index in [9.17, 15) is 27.6 Å². The Morgan fingerprint density at radius 2 is 1.51 bits per heavy atom. The number of alkyl halides is 3. The van der Waals surface area contributed by atoms with Gasteiger partial charge in [0, 0.05) is 24.2 Å². The first-order chi connectivity index (χ1) is 18.6. The Morgan fingerprint density at radius 3 is 2.10 bits per heavy atom. The average Bonchev–Trinajstić information content (AvgIpc) is 3.39. The van der Waals surface area contributed by atoms with Gasteiger partial charge in [-0.2, -0.15) is 13.2 Å². The molecule has 2 amide bonds. The lowest BCUT2D eigenvalue weighted by atomic mass is 9.87. The maximum atomic E-state index is 13.6. The number of carbonyl (C=O) groups is 3. The number of thiophene rings is 1. The number of nitrogens with one attached hydrogen (secondary N) is 2. The van der Waals surface area contributed by atoms with E-state index < -0.39 is 22.9 Å². The minimum Gasteiger partial charge on any atom is -0.490 e. The molecule has 7 nitrogen and oxygen atoms in total. The number of rotatable bonds is 9. The van der Waals surface area contributed by atoms with Gasteiger partial charge in [0.1, 0.15) is 10.6 Å². The Labute approximate surface area is 227 Å². The number of carboxylic acid groups (broad SMARTS) is 1. The van der Waals surface area contributed by atoms with Crippen LogP contribution in [0.15, 0.2) is 60.7 Å². The van der Waals surface area contributed by atoms with Crippen molar-refractivity contribution in [3.8, 4) is 16.9 Å². The fraction of sp³-hybridized carbons (Fsp3) is 0.321. The van der Waals surface area contributed by atoms with Crippen molar-refractivity contribution in [2.75, 3.05) is 13.1 Å². The van der Waals surface area contributed by atoms with Crippen LogP contribution in [-0.2, 0) is 11.0 Å². The Kier molecular flexibility index (Phi) is 8.90. The van der Waals surface area contributed by atoms with E-state index in [0.29, 0.717) is 53.9 Å². The van der Waals surface area contributed by atoms with E-state index in [1.54, 1.807) is 54.6 Å². The lowest BCUT2D eigenvalue weighted by molar-refractivity contribution is -0.143. The van der Waals surface area contributed by atoms with Crippen LogP contribution in [0, 0.1) is 5.92 Å². The molecule has 1 fully saturated rings. The molecule has 3 N–H and O–H groups in total. The molecule has 3 aromatic rings. The minimum atomic E-state index is -4.59. The SMILES string of the molecule is O=C(NCCNC(=O)c1cc(-c2ccccc2)c(C(F)(F)F)s1)c1ccc(O[C@H]2CC[C@@H](C(=O)O)CC2)cc1. The molecule has 0 spiro atoms. The summed E-state index contributed by atoms with van der Waals surface area (Å²) in [6.45, 7) is 0.114. The van der Waals surface area contributed by atoms with Crippen molar-refractivity contribution in [3.63, 3.8) is 0 Å². The van der Waals surface area contributed by atoms with E-state index in [-0.39, 0.29) is 41.5 Å². The van der Waals surface area contributed by atoms with Gasteiger partial charge in [0.15, 0.2) is 0 Å². The first-order valence-electron chi connectivity index (χ1n) is 12.4. The maximum absolute atomic E-state index is 13.6. The summed E-state index contributed by atoms with van der Waals surface area (Å²) in [6, 6.07) is 15.8. The van der Waals surface area contributed by atoms with E-state index in [1.807, 2.05) is 0 Å². The lowest BCUT2D eigenvalue weighted by Crippen LogP contribution is -2.34. The molecule has 1 aromatic heterocycles. The van der Waals surface area contributed by atoms with Crippen molar-refractivity contribution in [2.45, 2.75) is 38.0 Å². The van der Waals surface area contributed by atoms with E-state index in [4.69, 9.17) is 9.84 Å². The van der Waals surface area contributed by atoms with Crippen molar-refractivity contribution in [2.24, 2.45) is 5.92 Å². The van der Waals surface area contributed by atoms with Crippen molar-refractivity contribution in [1.29, 1.82) is 0 Å². The minimum absolute atomic E-state index is 0.0324.